The van der Waals surface area contributed by atoms with Crippen molar-refractivity contribution in [2.75, 3.05) is 0 Å². The first-order valence-electron chi connectivity index (χ1n) is 8.62. The van der Waals surface area contributed by atoms with E-state index in [0.717, 1.165) is 12.0 Å². The zero-order chi connectivity index (χ0) is 20.3. The zero-order valence-corrected chi connectivity index (χ0v) is 15.1. The van der Waals surface area contributed by atoms with Crippen molar-refractivity contribution < 1.29 is 9.90 Å². The molecule has 0 amide bonds. The number of aromatic nitrogens is 1. The van der Waals surface area contributed by atoms with Gasteiger partial charge in [0.25, 0.3) is 0 Å². The number of benzene rings is 1. The molecule has 0 bridgehead atoms. The van der Waals surface area contributed by atoms with Gasteiger partial charge in [-0.05, 0) is 17.5 Å². The van der Waals surface area contributed by atoms with Crippen molar-refractivity contribution in [3.63, 3.8) is 0 Å². The van der Waals surface area contributed by atoms with Crippen molar-refractivity contribution >= 4 is 5.97 Å². The lowest BCUT2D eigenvalue weighted by molar-refractivity contribution is 0.0687. The van der Waals surface area contributed by atoms with Gasteiger partial charge in [0.2, 0.25) is 0 Å². The normalized spacial score (nSPS) is 17.9. The summed E-state index contributed by atoms with van der Waals surface area (Å²) in [6.07, 6.45) is 8.39. The fourth-order valence-electron chi connectivity index (χ4n) is 3.60. The Balaban J connectivity index is 2.11. The molecule has 0 fully saturated rings. The summed E-state index contributed by atoms with van der Waals surface area (Å²) >= 11 is 0. The first-order valence-corrected chi connectivity index (χ1v) is 8.62. The number of carbonyl (C=O) groups is 1. The second-order valence-electron chi connectivity index (χ2n) is 6.47. The lowest BCUT2D eigenvalue weighted by atomic mass is 9.84. The standard InChI is InChI=1S/C22H16N4O2/c1-26-19(13-25)18(12-24)20(21(26)22(27)28)15-9-7-14(8-10-15)17-6-4-2-3-5-16(17)11-23/h2-5,7-10,16-17H,6H2,1H3,(H,27,28). The molecule has 1 N–H and O–H groups in total. The summed E-state index contributed by atoms with van der Waals surface area (Å²) in [5, 5.41) is 37.9. The molecular weight excluding hydrogens is 352 g/mol. The minimum atomic E-state index is -1.21. The quantitative estimate of drug-likeness (QED) is 0.883. The second kappa shape index (κ2) is 7.66. The van der Waals surface area contributed by atoms with Crippen molar-refractivity contribution in [3.8, 4) is 29.3 Å². The van der Waals surface area contributed by atoms with E-state index < -0.39 is 5.97 Å². The number of rotatable bonds is 3. The average molecular weight is 368 g/mol. The number of hydrogen-bond donors (Lipinski definition) is 1. The van der Waals surface area contributed by atoms with Crippen LogP contribution < -0.4 is 0 Å². The Hall–Kier alpha value is -4.08. The Labute approximate surface area is 162 Å². The van der Waals surface area contributed by atoms with Gasteiger partial charge in [-0.25, -0.2) is 4.79 Å². The highest BCUT2D eigenvalue weighted by Gasteiger charge is 2.27. The van der Waals surface area contributed by atoms with Gasteiger partial charge in [-0.3, -0.25) is 0 Å². The molecule has 1 aromatic heterocycles. The summed E-state index contributed by atoms with van der Waals surface area (Å²) < 4.78 is 1.23. The summed E-state index contributed by atoms with van der Waals surface area (Å²) in [7, 11) is 1.46. The molecule has 2 aromatic rings. The summed E-state index contributed by atoms with van der Waals surface area (Å²) in [6.45, 7) is 0. The van der Waals surface area contributed by atoms with Gasteiger partial charge < -0.3 is 9.67 Å². The summed E-state index contributed by atoms with van der Waals surface area (Å²) in [5.74, 6) is -1.47. The highest BCUT2D eigenvalue weighted by atomic mass is 16.4. The largest absolute Gasteiger partial charge is 0.477 e. The smallest absolute Gasteiger partial charge is 0.353 e. The number of nitriles is 3. The minimum absolute atomic E-state index is 0.00567. The molecule has 2 unspecified atom stereocenters. The third-order valence-electron chi connectivity index (χ3n) is 4.98. The van der Waals surface area contributed by atoms with Crippen LogP contribution in [0, 0.1) is 39.9 Å². The van der Waals surface area contributed by atoms with Crippen LogP contribution in [0.25, 0.3) is 11.1 Å². The van der Waals surface area contributed by atoms with Gasteiger partial charge in [-0.2, -0.15) is 15.8 Å². The van der Waals surface area contributed by atoms with Crippen molar-refractivity contribution in [3.05, 3.63) is 71.1 Å². The van der Waals surface area contributed by atoms with Crippen LogP contribution in [0.3, 0.4) is 0 Å². The van der Waals surface area contributed by atoms with Gasteiger partial charge in [0.05, 0.1) is 17.6 Å². The first-order chi connectivity index (χ1) is 13.5. The predicted molar refractivity (Wildman–Crippen MR) is 102 cm³/mol. The topological polar surface area (TPSA) is 114 Å². The Kier molecular flexibility index (Phi) is 5.12. The minimum Gasteiger partial charge on any atom is -0.477 e. The molecule has 0 saturated carbocycles. The van der Waals surface area contributed by atoms with Gasteiger partial charge in [0, 0.05) is 18.5 Å². The van der Waals surface area contributed by atoms with Gasteiger partial charge in [0.15, 0.2) is 0 Å². The molecule has 6 heteroatoms. The molecule has 6 nitrogen and oxygen atoms in total. The Morgan fingerprint density at radius 1 is 1.14 bits per heavy atom. The molecule has 0 saturated heterocycles. The molecule has 1 aromatic carbocycles. The second-order valence-corrected chi connectivity index (χ2v) is 6.47. The van der Waals surface area contributed by atoms with Gasteiger partial charge in [0.1, 0.15) is 23.5 Å². The fourth-order valence-corrected chi connectivity index (χ4v) is 3.60. The van der Waals surface area contributed by atoms with Gasteiger partial charge in [-0.15, -0.1) is 0 Å². The maximum Gasteiger partial charge on any atom is 0.353 e. The number of nitrogens with zero attached hydrogens (tertiary/aromatic N) is 4. The van der Waals surface area contributed by atoms with E-state index in [2.05, 4.69) is 6.07 Å². The van der Waals surface area contributed by atoms with E-state index in [1.54, 1.807) is 12.1 Å². The lowest BCUT2D eigenvalue weighted by Crippen LogP contribution is -2.08. The van der Waals surface area contributed by atoms with Crippen LogP contribution in [0.15, 0.2) is 48.6 Å². The number of carboxylic acid groups (broad SMARTS) is 1. The molecule has 0 radical (unpaired) electrons. The Morgan fingerprint density at radius 2 is 1.86 bits per heavy atom. The van der Waals surface area contributed by atoms with Crippen LogP contribution in [0.1, 0.15) is 39.6 Å². The average Bonchev–Trinajstić information content (AvgIpc) is 2.83. The first kappa shape index (κ1) is 18.7. The van der Waals surface area contributed by atoms with Crippen LogP contribution in [0.2, 0.25) is 0 Å². The molecule has 3 rings (SSSR count). The monoisotopic (exact) mass is 368 g/mol. The van der Waals surface area contributed by atoms with Crippen molar-refractivity contribution in [1.29, 1.82) is 15.8 Å². The lowest BCUT2D eigenvalue weighted by Gasteiger charge is -2.18. The zero-order valence-electron chi connectivity index (χ0n) is 15.1. The van der Waals surface area contributed by atoms with Crippen LogP contribution >= 0.6 is 0 Å². The number of aromatic carboxylic acids is 1. The maximum absolute atomic E-state index is 11.8. The third-order valence-corrected chi connectivity index (χ3v) is 4.98. The molecule has 28 heavy (non-hydrogen) atoms. The van der Waals surface area contributed by atoms with E-state index in [9.17, 15) is 25.7 Å². The SMILES string of the molecule is Cn1c(C#N)c(C#N)c(-c2ccc(C3CC=CC=CC3C#N)cc2)c1C(=O)O. The van der Waals surface area contributed by atoms with Crippen molar-refractivity contribution in [2.24, 2.45) is 13.0 Å². The fraction of sp³-hybridized carbons (Fsp3) is 0.182. The van der Waals surface area contributed by atoms with Crippen molar-refractivity contribution in [2.45, 2.75) is 12.3 Å². The van der Waals surface area contributed by atoms with Crippen LogP contribution in [0.4, 0.5) is 0 Å². The number of carboxylic acids is 1. The number of allylic oxidation sites excluding steroid dienone is 4. The van der Waals surface area contributed by atoms with Gasteiger partial charge >= 0.3 is 5.97 Å². The Bertz CT molecular complexity index is 1120. The summed E-state index contributed by atoms with van der Waals surface area (Å²) in [6, 6.07) is 13.4. The van der Waals surface area contributed by atoms with E-state index in [-0.39, 0.29) is 34.4 Å². The van der Waals surface area contributed by atoms with E-state index in [1.807, 2.05) is 48.6 Å². The highest BCUT2D eigenvalue weighted by Crippen LogP contribution is 2.35. The van der Waals surface area contributed by atoms with E-state index in [1.165, 1.54) is 11.6 Å². The van der Waals surface area contributed by atoms with Crippen LogP contribution in [-0.4, -0.2) is 15.6 Å². The van der Waals surface area contributed by atoms with Crippen molar-refractivity contribution in [1.82, 2.24) is 4.57 Å². The molecule has 136 valence electrons. The molecule has 1 aliphatic carbocycles. The number of hydrogen-bond acceptors (Lipinski definition) is 4. The molecule has 2 atom stereocenters. The summed E-state index contributed by atoms with van der Waals surface area (Å²) in [4.78, 5) is 11.8. The molecule has 0 aliphatic heterocycles. The molecule has 1 aliphatic rings. The van der Waals surface area contributed by atoms with Crippen LogP contribution in [-0.2, 0) is 7.05 Å². The van der Waals surface area contributed by atoms with Crippen LogP contribution in [0.5, 0.6) is 0 Å². The van der Waals surface area contributed by atoms with E-state index in [0.29, 0.717) is 5.56 Å². The highest BCUT2D eigenvalue weighted by molar-refractivity contribution is 5.97. The molecule has 1 heterocycles. The predicted octanol–water partition coefficient (Wildman–Crippen LogP) is 3.87. The molecule has 0 spiro atoms. The Morgan fingerprint density at radius 3 is 2.43 bits per heavy atom. The maximum atomic E-state index is 11.8. The third kappa shape index (κ3) is 3.07. The van der Waals surface area contributed by atoms with E-state index in [4.69, 9.17) is 0 Å². The van der Waals surface area contributed by atoms with Gasteiger partial charge in [-0.1, -0.05) is 48.6 Å². The molecular formula is C22H16N4O2. The van der Waals surface area contributed by atoms with E-state index >= 15 is 0 Å². The summed E-state index contributed by atoms with van der Waals surface area (Å²) in [5.41, 5.74) is 1.70.